The first kappa shape index (κ1) is 21.2. The van der Waals surface area contributed by atoms with Crippen molar-refractivity contribution in [1.82, 2.24) is 29.8 Å². The molecule has 1 amide bonds. The van der Waals surface area contributed by atoms with E-state index in [4.69, 9.17) is 10.3 Å². The predicted octanol–water partition coefficient (Wildman–Crippen LogP) is 2.96. The number of nitrogen functional groups attached to an aromatic ring is 1. The van der Waals surface area contributed by atoms with Crippen molar-refractivity contribution in [3.63, 3.8) is 0 Å². The van der Waals surface area contributed by atoms with Gasteiger partial charge >= 0.3 is 0 Å². The fraction of sp³-hybridized carbons (Fsp3) is 0.227. The summed E-state index contributed by atoms with van der Waals surface area (Å²) in [6.45, 7) is 2.09. The van der Waals surface area contributed by atoms with E-state index >= 15 is 0 Å². The molecule has 0 saturated heterocycles. The zero-order valence-corrected chi connectivity index (χ0v) is 17.9. The highest BCUT2D eigenvalue weighted by Gasteiger charge is 2.18. The third-order valence-electron chi connectivity index (χ3n) is 5.12. The number of hydrogen-bond donors (Lipinski definition) is 1. The highest BCUT2D eigenvalue weighted by atomic mass is 19.1. The number of aromatic nitrogens is 5. The number of likely N-dealkylation sites (N-methyl/N-ethyl adjacent to an activating group) is 1. The van der Waals surface area contributed by atoms with Crippen molar-refractivity contribution < 1.29 is 13.7 Å². The first-order valence-corrected chi connectivity index (χ1v) is 9.89. The van der Waals surface area contributed by atoms with Gasteiger partial charge in [-0.05, 0) is 17.2 Å². The fourth-order valence-corrected chi connectivity index (χ4v) is 3.09. The van der Waals surface area contributed by atoms with Crippen molar-refractivity contribution in [1.29, 1.82) is 0 Å². The molecule has 3 aromatic heterocycles. The Labute approximate surface area is 183 Å². The Morgan fingerprint density at radius 3 is 2.62 bits per heavy atom. The van der Waals surface area contributed by atoms with Gasteiger partial charge in [0.05, 0.1) is 11.8 Å². The number of amides is 1. The van der Waals surface area contributed by atoms with Crippen molar-refractivity contribution in [3.05, 3.63) is 66.1 Å². The number of carbonyl (C=O) groups is 1. The Bertz CT molecular complexity index is 1250. The second kappa shape index (κ2) is 8.58. The van der Waals surface area contributed by atoms with Crippen LogP contribution < -0.4 is 5.73 Å². The molecule has 1 atom stereocenters. The number of rotatable bonds is 6. The molecule has 0 radical (unpaired) electrons. The molecular formula is C22H22FN7O2. The zero-order valence-electron chi connectivity index (χ0n) is 17.9. The third-order valence-corrected chi connectivity index (χ3v) is 5.12. The summed E-state index contributed by atoms with van der Waals surface area (Å²) in [6.07, 6.45) is 4.81. The lowest BCUT2D eigenvalue weighted by Gasteiger charge is -2.09. The van der Waals surface area contributed by atoms with Gasteiger partial charge in [-0.1, -0.05) is 36.3 Å². The van der Waals surface area contributed by atoms with Crippen LogP contribution in [-0.2, 0) is 11.3 Å². The molecule has 9 nitrogen and oxygen atoms in total. The Morgan fingerprint density at radius 1 is 1.19 bits per heavy atom. The summed E-state index contributed by atoms with van der Waals surface area (Å²) < 4.78 is 20.6. The Hall–Kier alpha value is -4.08. The van der Waals surface area contributed by atoms with Crippen molar-refractivity contribution in [2.45, 2.75) is 19.4 Å². The topological polar surface area (TPSA) is 116 Å². The summed E-state index contributed by atoms with van der Waals surface area (Å²) in [5.41, 5.74) is 8.51. The standard InChI is InChI=1S/C22H22FN7O2/c1-13(14-4-6-15(7-5-14)16-8-18(23)20(24)25-9-16)21-27-22(32-28-21)17-10-26-30(11-17)12-19(31)29(2)3/h4-11,13H,12H2,1-3H3,(H2,24,25)/t13-/m0/s1. The number of nitrogens with two attached hydrogens (primary N) is 1. The number of pyridine rings is 1. The highest BCUT2D eigenvalue weighted by Crippen LogP contribution is 2.28. The largest absolute Gasteiger partial charge is 0.381 e. The van der Waals surface area contributed by atoms with E-state index in [0.29, 0.717) is 22.8 Å². The second-order valence-electron chi connectivity index (χ2n) is 7.61. The maximum Gasteiger partial charge on any atom is 0.261 e. The lowest BCUT2D eigenvalue weighted by atomic mass is 9.97. The van der Waals surface area contributed by atoms with Gasteiger partial charge in [-0.25, -0.2) is 9.37 Å². The van der Waals surface area contributed by atoms with Crippen LogP contribution in [0.15, 0.2) is 53.4 Å². The lowest BCUT2D eigenvalue weighted by Crippen LogP contribution is -2.26. The average Bonchev–Trinajstić information content (AvgIpc) is 3.45. The van der Waals surface area contributed by atoms with Gasteiger partial charge < -0.3 is 15.2 Å². The smallest absolute Gasteiger partial charge is 0.261 e. The summed E-state index contributed by atoms with van der Waals surface area (Å²) in [5, 5.41) is 8.28. The Kier molecular flexibility index (Phi) is 5.67. The second-order valence-corrected chi connectivity index (χ2v) is 7.61. The SMILES string of the molecule is C[C@@H](c1ccc(-c2cnc(N)c(F)c2)cc1)c1noc(-c2cnn(CC(=O)N(C)C)c2)n1. The first-order valence-electron chi connectivity index (χ1n) is 9.89. The van der Waals surface area contributed by atoms with Crippen molar-refractivity contribution in [2.75, 3.05) is 19.8 Å². The maximum atomic E-state index is 13.7. The summed E-state index contributed by atoms with van der Waals surface area (Å²) in [7, 11) is 3.38. The van der Waals surface area contributed by atoms with Gasteiger partial charge in [-0.3, -0.25) is 9.48 Å². The minimum Gasteiger partial charge on any atom is -0.381 e. The molecule has 0 aliphatic carbocycles. The number of hydrogen-bond acceptors (Lipinski definition) is 7. The number of halogens is 1. The molecule has 0 aliphatic rings. The number of nitrogens with zero attached hydrogens (tertiary/aromatic N) is 6. The Morgan fingerprint density at radius 2 is 1.94 bits per heavy atom. The van der Waals surface area contributed by atoms with Crippen LogP contribution in [0.1, 0.15) is 24.2 Å². The van der Waals surface area contributed by atoms with Crippen LogP contribution in [0.5, 0.6) is 0 Å². The molecular weight excluding hydrogens is 413 g/mol. The summed E-state index contributed by atoms with van der Waals surface area (Å²) >= 11 is 0. The Balaban J connectivity index is 1.49. The molecule has 1 aromatic carbocycles. The molecule has 0 unspecified atom stereocenters. The van der Waals surface area contributed by atoms with Gasteiger partial charge in [0.25, 0.3) is 5.89 Å². The van der Waals surface area contributed by atoms with E-state index in [0.717, 1.165) is 11.1 Å². The molecule has 164 valence electrons. The molecule has 2 N–H and O–H groups in total. The van der Waals surface area contributed by atoms with Crippen molar-refractivity contribution >= 4 is 11.7 Å². The molecule has 0 spiro atoms. The lowest BCUT2D eigenvalue weighted by molar-refractivity contribution is -0.129. The highest BCUT2D eigenvalue weighted by molar-refractivity contribution is 5.75. The molecule has 0 fully saturated rings. The summed E-state index contributed by atoms with van der Waals surface area (Å²) in [5.74, 6) is -0.0236. The van der Waals surface area contributed by atoms with Crippen LogP contribution in [0, 0.1) is 5.82 Å². The van der Waals surface area contributed by atoms with Crippen LogP contribution in [0.25, 0.3) is 22.6 Å². The van der Waals surface area contributed by atoms with Gasteiger partial charge in [0, 0.05) is 38.0 Å². The minimum absolute atomic E-state index is 0.0690. The number of benzene rings is 1. The van der Waals surface area contributed by atoms with E-state index in [1.807, 2.05) is 31.2 Å². The van der Waals surface area contributed by atoms with Crippen molar-refractivity contribution in [3.8, 4) is 22.6 Å². The van der Waals surface area contributed by atoms with E-state index in [1.165, 1.54) is 21.8 Å². The summed E-state index contributed by atoms with van der Waals surface area (Å²) in [6, 6.07) is 8.97. The average molecular weight is 435 g/mol. The molecule has 4 aromatic rings. The molecule has 3 heterocycles. The fourth-order valence-electron chi connectivity index (χ4n) is 3.09. The quantitative estimate of drug-likeness (QED) is 0.495. The molecule has 0 bridgehead atoms. The van der Waals surface area contributed by atoms with Gasteiger partial charge in [-0.15, -0.1) is 0 Å². The molecule has 32 heavy (non-hydrogen) atoms. The molecule has 0 saturated carbocycles. The van der Waals surface area contributed by atoms with Crippen LogP contribution in [0.2, 0.25) is 0 Å². The molecule has 0 aliphatic heterocycles. The van der Waals surface area contributed by atoms with Crippen LogP contribution in [0.4, 0.5) is 10.2 Å². The van der Waals surface area contributed by atoms with E-state index in [9.17, 15) is 9.18 Å². The molecule has 10 heteroatoms. The van der Waals surface area contributed by atoms with E-state index in [2.05, 4.69) is 20.2 Å². The normalized spacial score (nSPS) is 12.0. The number of carbonyl (C=O) groups excluding carboxylic acids is 1. The minimum atomic E-state index is -0.548. The van der Waals surface area contributed by atoms with E-state index in [-0.39, 0.29) is 24.2 Å². The van der Waals surface area contributed by atoms with Gasteiger partial charge in [0.15, 0.2) is 17.5 Å². The van der Waals surface area contributed by atoms with Gasteiger partial charge in [-0.2, -0.15) is 10.1 Å². The molecule has 4 rings (SSSR count). The van der Waals surface area contributed by atoms with Gasteiger partial charge in [0.1, 0.15) is 6.54 Å². The van der Waals surface area contributed by atoms with Crippen LogP contribution >= 0.6 is 0 Å². The van der Waals surface area contributed by atoms with Crippen LogP contribution in [0.3, 0.4) is 0 Å². The van der Waals surface area contributed by atoms with Gasteiger partial charge in [0.2, 0.25) is 5.91 Å². The summed E-state index contributed by atoms with van der Waals surface area (Å²) in [4.78, 5) is 21.7. The third kappa shape index (κ3) is 4.34. The van der Waals surface area contributed by atoms with E-state index < -0.39 is 5.82 Å². The van der Waals surface area contributed by atoms with Crippen LogP contribution in [-0.4, -0.2) is 49.8 Å². The first-order chi connectivity index (χ1) is 15.3. The van der Waals surface area contributed by atoms with E-state index in [1.54, 1.807) is 26.5 Å². The monoisotopic (exact) mass is 435 g/mol. The number of anilines is 1. The maximum absolute atomic E-state index is 13.7. The van der Waals surface area contributed by atoms with Crippen molar-refractivity contribution in [2.24, 2.45) is 0 Å². The zero-order chi connectivity index (χ0) is 22.8. The predicted molar refractivity (Wildman–Crippen MR) is 116 cm³/mol.